The molecule has 2 aliphatic carbocycles. The largest absolute Gasteiger partial charge is 0.103 e. The number of benzene rings is 2. The summed E-state index contributed by atoms with van der Waals surface area (Å²) in [6.45, 7) is 3.90. The van der Waals surface area contributed by atoms with Gasteiger partial charge in [0.25, 0.3) is 0 Å². The third-order valence-electron chi connectivity index (χ3n) is 5.61. The first-order valence-electron chi connectivity index (χ1n) is 8.68. The van der Waals surface area contributed by atoms with Crippen molar-refractivity contribution >= 4 is 16.8 Å². The minimum absolute atomic E-state index is 0.747. The lowest BCUT2D eigenvalue weighted by Gasteiger charge is -2.30. The summed E-state index contributed by atoms with van der Waals surface area (Å²) in [7, 11) is 0. The Kier molecular flexibility index (Phi) is 3.62. The summed E-state index contributed by atoms with van der Waals surface area (Å²) in [5.41, 5.74) is 4.59. The lowest BCUT2D eigenvalue weighted by molar-refractivity contribution is 0.328. The normalized spacial score (nSPS) is 23.6. The molecular formula is C22H24. The molecule has 0 heterocycles. The summed E-state index contributed by atoms with van der Waals surface area (Å²) >= 11 is 0. The van der Waals surface area contributed by atoms with Crippen molar-refractivity contribution < 1.29 is 0 Å². The fourth-order valence-corrected chi connectivity index (χ4v) is 4.46. The molecule has 4 rings (SSSR count). The van der Waals surface area contributed by atoms with Gasteiger partial charge in [-0.3, -0.25) is 0 Å². The highest BCUT2D eigenvalue weighted by Crippen LogP contribution is 2.41. The molecule has 1 saturated carbocycles. The van der Waals surface area contributed by atoms with Crippen molar-refractivity contribution in [2.24, 2.45) is 5.92 Å². The zero-order valence-electron chi connectivity index (χ0n) is 13.2. The van der Waals surface area contributed by atoms with Crippen LogP contribution in [0.5, 0.6) is 0 Å². The Morgan fingerprint density at radius 3 is 2.73 bits per heavy atom. The molecule has 0 N–H and O–H groups in total. The van der Waals surface area contributed by atoms with E-state index in [2.05, 4.69) is 55.1 Å². The molecule has 112 valence electrons. The Hall–Kier alpha value is -1.82. The highest BCUT2D eigenvalue weighted by molar-refractivity contribution is 5.96. The number of hydrogen-bond acceptors (Lipinski definition) is 0. The first kappa shape index (κ1) is 13.8. The molecule has 0 heteroatoms. The van der Waals surface area contributed by atoms with Gasteiger partial charge in [-0.05, 0) is 77.8 Å². The average molecular weight is 288 g/mol. The van der Waals surface area contributed by atoms with Gasteiger partial charge in [0.15, 0.2) is 0 Å². The highest BCUT2D eigenvalue weighted by atomic mass is 14.3. The van der Waals surface area contributed by atoms with Crippen LogP contribution < -0.4 is 0 Å². The molecule has 22 heavy (non-hydrogen) atoms. The molecule has 0 spiro atoms. The van der Waals surface area contributed by atoms with Crippen LogP contribution in [0.3, 0.4) is 0 Å². The third kappa shape index (κ3) is 2.31. The third-order valence-corrected chi connectivity index (χ3v) is 5.61. The predicted molar refractivity (Wildman–Crippen MR) is 96.2 cm³/mol. The van der Waals surface area contributed by atoms with Crippen LogP contribution in [0.4, 0.5) is 0 Å². The Labute approximate surface area is 133 Å². The minimum atomic E-state index is 0.747. The molecule has 2 aromatic carbocycles. The molecule has 0 amide bonds. The van der Waals surface area contributed by atoms with Gasteiger partial charge in [-0.15, -0.1) is 6.58 Å². The van der Waals surface area contributed by atoms with Crippen LogP contribution in [0.15, 0.2) is 49.1 Å². The zero-order chi connectivity index (χ0) is 14.9. The molecule has 0 radical (unpaired) electrons. The highest BCUT2D eigenvalue weighted by Gasteiger charge is 2.24. The fourth-order valence-electron chi connectivity index (χ4n) is 4.46. The summed E-state index contributed by atoms with van der Waals surface area (Å²) in [6.07, 6.45) is 14.5. The van der Waals surface area contributed by atoms with E-state index in [1.165, 1.54) is 54.0 Å². The molecule has 0 aliphatic heterocycles. The second kappa shape index (κ2) is 5.76. The molecule has 0 nitrogen and oxygen atoms in total. The van der Waals surface area contributed by atoms with E-state index in [1.807, 2.05) is 0 Å². The average Bonchev–Trinajstić information content (AvgIpc) is 2.57. The standard InChI is InChI=1S/C22H24/c1-2-5-16-10-12-17(13-11-16)20-15-14-19-7-3-6-18-8-4-9-21(20)22(18)19/h2-4,6-7,9,14-17H,1,5,8,10-13H2. The van der Waals surface area contributed by atoms with Crippen LogP contribution in [0.1, 0.15) is 54.7 Å². The van der Waals surface area contributed by atoms with Crippen molar-refractivity contribution in [3.8, 4) is 0 Å². The first-order valence-corrected chi connectivity index (χ1v) is 8.68. The number of allylic oxidation sites excluding steroid dienone is 2. The zero-order valence-corrected chi connectivity index (χ0v) is 13.2. The minimum Gasteiger partial charge on any atom is -0.103 e. The van der Waals surface area contributed by atoms with E-state index in [-0.39, 0.29) is 0 Å². The van der Waals surface area contributed by atoms with Crippen molar-refractivity contribution in [3.63, 3.8) is 0 Å². The van der Waals surface area contributed by atoms with Gasteiger partial charge in [0.05, 0.1) is 0 Å². The van der Waals surface area contributed by atoms with E-state index < -0.39 is 0 Å². The maximum atomic E-state index is 3.90. The monoisotopic (exact) mass is 288 g/mol. The van der Waals surface area contributed by atoms with Gasteiger partial charge in [-0.2, -0.15) is 0 Å². The molecule has 0 bridgehead atoms. The summed E-state index contributed by atoms with van der Waals surface area (Å²) < 4.78 is 0. The van der Waals surface area contributed by atoms with Crippen molar-refractivity contribution in [1.29, 1.82) is 0 Å². The lowest BCUT2D eigenvalue weighted by atomic mass is 9.75. The van der Waals surface area contributed by atoms with E-state index in [1.54, 1.807) is 5.56 Å². The van der Waals surface area contributed by atoms with Crippen LogP contribution in [0, 0.1) is 5.92 Å². The van der Waals surface area contributed by atoms with Crippen LogP contribution in [-0.2, 0) is 6.42 Å². The molecular weight excluding hydrogens is 264 g/mol. The maximum Gasteiger partial charge on any atom is -0.00734 e. The fraction of sp³-hybridized carbons (Fsp3) is 0.364. The summed E-state index contributed by atoms with van der Waals surface area (Å²) in [6, 6.07) is 11.5. The quantitative estimate of drug-likeness (QED) is 0.585. The first-order chi connectivity index (χ1) is 10.9. The summed E-state index contributed by atoms with van der Waals surface area (Å²) in [4.78, 5) is 0. The van der Waals surface area contributed by atoms with E-state index in [9.17, 15) is 0 Å². The van der Waals surface area contributed by atoms with E-state index in [0.29, 0.717) is 0 Å². The van der Waals surface area contributed by atoms with Gasteiger partial charge in [0.1, 0.15) is 0 Å². The summed E-state index contributed by atoms with van der Waals surface area (Å²) in [5.74, 6) is 1.62. The second-order valence-corrected chi connectivity index (χ2v) is 6.93. The van der Waals surface area contributed by atoms with Crippen molar-refractivity contribution in [2.75, 3.05) is 0 Å². The van der Waals surface area contributed by atoms with Gasteiger partial charge < -0.3 is 0 Å². The molecule has 0 saturated heterocycles. The lowest BCUT2D eigenvalue weighted by Crippen LogP contribution is -2.14. The van der Waals surface area contributed by atoms with Crippen LogP contribution in [-0.4, -0.2) is 0 Å². The maximum absolute atomic E-state index is 3.90. The molecule has 2 aromatic rings. The molecule has 0 atom stereocenters. The van der Waals surface area contributed by atoms with Gasteiger partial charge in [-0.25, -0.2) is 0 Å². The Morgan fingerprint density at radius 1 is 1.05 bits per heavy atom. The summed E-state index contributed by atoms with van der Waals surface area (Å²) in [5, 5.41) is 2.91. The number of rotatable bonds is 3. The van der Waals surface area contributed by atoms with Gasteiger partial charge >= 0.3 is 0 Å². The molecule has 0 aromatic heterocycles. The van der Waals surface area contributed by atoms with Crippen molar-refractivity contribution in [2.45, 2.75) is 44.4 Å². The smallest absolute Gasteiger partial charge is 0.00734 e. The van der Waals surface area contributed by atoms with Gasteiger partial charge in [-0.1, -0.05) is 48.6 Å². The SMILES string of the molecule is C=CCC1CCC(c2ccc3cccc4c3c2C=CC4)CC1. The predicted octanol–water partition coefficient (Wildman–Crippen LogP) is 6.26. The Morgan fingerprint density at radius 2 is 1.91 bits per heavy atom. The van der Waals surface area contributed by atoms with Crippen LogP contribution in [0.2, 0.25) is 0 Å². The number of hydrogen-bond donors (Lipinski definition) is 0. The molecule has 1 fully saturated rings. The van der Waals surface area contributed by atoms with E-state index in [0.717, 1.165) is 18.3 Å². The van der Waals surface area contributed by atoms with Crippen molar-refractivity contribution in [3.05, 3.63) is 65.8 Å². The van der Waals surface area contributed by atoms with E-state index >= 15 is 0 Å². The topological polar surface area (TPSA) is 0 Å². The molecule has 0 unspecified atom stereocenters. The van der Waals surface area contributed by atoms with Crippen LogP contribution in [0.25, 0.3) is 16.8 Å². The molecule has 2 aliphatic rings. The Bertz CT molecular complexity index is 727. The van der Waals surface area contributed by atoms with E-state index in [4.69, 9.17) is 0 Å². The van der Waals surface area contributed by atoms with Crippen LogP contribution >= 0.6 is 0 Å². The second-order valence-electron chi connectivity index (χ2n) is 6.93. The Balaban J connectivity index is 1.70. The van der Waals surface area contributed by atoms with Gasteiger partial charge in [0.2, 0.25) is 0 Å². The van der Waals surface area contributed by atoms with Gasteiger partial charge in [0, 0.05) is 0 Å². The van der Waals surface area contributed by atoms with Crippen molar-refractivity contribution in [1.82, 2.24) is 0 Å².